The number of benzene rings is 1. The van der Waals surface area contributed by atoms with E-state index in [0.717, 1.165) is 11.7 Å². The van der Waals surface area contributed by atoms with Crippen LogP contribution in [0.15, 0.2) is 24.3 Å². The lowest BCUT2D eigenvalue weighted by Gasteiger charge is -2.09. The van der Waals surface area contributed by atoms with Gasteiger partial charge in [-0.15, -0.1) is 0 Å². The molecule has 1 heteroatoms. The number of rotatable bonds is 7. The molecule has 1 unspecified atom stereocenters. The Bertz CT molecular complexity index is 276. The Labute approximate surface area is 99.8 Å². The monoisotopic (exact) mass is 220 g/mol. The van der Waals surface area contributed by atoms with E-state index in [9.17, 15) is 0 Å². The predicted octanol–water partition coefficient (Wildman–Crippen LogP) is 4.45. The molecule has 1 nitrogen and oxygen atoms in total. The van der Waals surface area contributed by atoms with Gasteiger partial charge in [-0.2, -0.15) is 0 Å². The van der Waals surface area contributed by atoms with Crippen LogP contribution in [0.4, 0.5) is 0 Å². The molecular weight excluding hydrogens is 196 g/mol. The molecule has 0 aliphatic rings. The van der Waals surface area contributed by atoms with Crippen LogP contribution in [-0.4, -0.2) is 7.11 Å². The van der Waals surface area contributed by atoms with Gasteiger partial charge in [0.1, 0.15) is 5.75 Å². The fourth-order valence-corrected chi connectivity index (χ4v) is 2.08. The first-order valence-electron chi connectivity index (χ1n) is 6.39. The van der Waals surface area contributed by atoms with Crippen molar-refractivity contribution in [2.75, 3.05) is 7.11 Å². The predicted molar refractivity (Wildman–Crippen MR) is 70.0 cm³/mol. The molecule has 1 rings (SSSR count). The Morgan fingerprint density at radius 2 is 1.81 bits per heavy atom. The van der Waals surface area contributed by atoms with Crippen molar-refractivity contribution >= 4 is 0 Å². The first-order chi connectivity index (χ1) is 7.76. The summed E-state index contributed by atoms with van der Waals surface area (Å²) in [5.41, 5.74) is 1.42. The number of aryl methyl sites for hydroxylation is 1. The van der Waals surface area contributed by atoms with Crippen LogP contribution in [0.3, 0.4) is 0 Å². The van der Waals surface area contributed by atoms with Gasteiger partial charge in [0.2, 0.25) is 0 Å². The number of hydrogen-bond acceptors (Lipinski definition) is 1. The topological polar surface area (TPSA) is 9.23 Å². The third-order valence-corrected chi connectivity index (χ3v) is 3.10. The number of methoxy groups -OCH3 is 1. The molecule has 0 amide bonds. The Kier molecular flexibility index (Phi) is 5.99. The lowest BCUT2D eigenvalue weighted by molar-refractivity contribution is 0.414. The average Bonchev–Trinajstić information content (AvgIpc) is 2.30. The van der Waals surface area contributed by atoms with Crippen LogP contribution in [-0.2, 0) is 6.42 Å². The molecule has 0 N–H and O–H groups in total. The average molecular weight is 220 g/mol. The molecule has 1 aromatic rings. The minimum atomic E-state index is 0.878. The summed E-state index contributed by atoms with van der Waals surface area (Å²) in [4.78, 5) is 0. The summed E-state index contributed by atoms with van der Waals surface area (Å²) >= 11 is 0. The molecule has 1 atom stereocenters. The van der Waals surface area contributed by atoms with Gasteiger partial charge in [0.25, 0.3) is 0 Å². The zero-order chi connectivity index (χ0) is 11.8. The summed E-state index contributed by atoms with van der Waals surface area (Å²) in [6.07, 6.45) is 6.51. The Hall–Kier alpha value is -0.980. The number of ether oxygens (including phenoxy) is 1. The lowest BCUT2D eigenvalue weighted by atomic mass is 9.97. The molecule has 0 saturated carbocycles. The van der Waals surface area contributed by atoms with E-state index in [4.69, 9.17) is 4.74 Å². The van der Waals surface area contributed by atoms with Crippen molar-refractivity contribution in [3.8, 4) is 5.75 Å². The van der Waals surface area contributed by atoms with Gasteiger partial charge in [-0.25, -0.2) is 0 Å². The Morgan fingerprint density at radius 3 is 2.38 bits per heavy atom. The summed E-state index contributed by atoms with van der Waals surface area (Å²) in [6, 6.07) is 8.43. The van der Waals surface area contributed by atoms with Gasteiger partial charge in [0.15, 0.2) is 0 Å². The number of hydrogen-bond donors (Lipinski definition) is 0. The van der Waals surface area contributed by atoms with E-state index in [0.29, 0.717) is 0 Å². The van der Waals surface area contributed by atoms with Gasteiger partial charge in [-0.1, -0.05) is 45.2 Å². The highest BCUT2D eigenvalue weighted by atomic mass is 16.5. The molecule has 0 bridgehead atoms. The first kappa shape index (κ1) is 13.1. The highest BCUT2D eigenvalue weighted by Crippen LogP contribution is 2.16. The zero-order valence-electron chi connectivity index (χ0n) is 10.8. The van der Waals surface area contributed by atoms with Crippen molar-refractivity contribution in [1.29, 1.82) is 0 Å². The van der Waals surface area contributed by atoms with E-state index < -0.39 is 0 Å². The van der Waals surface area contributed by atoms with E-state index >= 15 is 0 Å². The summed E-state index contributed by atoms with van der Waals surface area (Å²) in [5, 5.41) is 0. The normalized spacial score (nSPS) is 12.4. The van der Waals surface area contributed by atoms with E-state index in [2.05, 4.69) is 26.0 Å². The summed E-state index contributed by atoms with van der Waals surface area (Å²) in [7, 11) is 1.71. The van der Waals surface area contributed by atoms with Gasteiger partial charge in [0, 0.05) is 0 Å². The minimum Gasteiger partial charge on any atom is -0.497 e. The third-order valence-electron chi connectivity index (χ3n) is 3.10. The van der Waals surface area contributed by atoms with Crippen LogP contribution in [0.2, 0.25) is 0 Å². The quantitative estimate of drug-likeness (QED) is 0.659. The van der Waals surface area contributed by atoms with Gasteiger partial charge in [-0.3, -0.25) is 0 Å². The summed E-state index contributed by atoms with van der Waals surface area (Å²) < 4.78 is 5.14. The second kappa shape index (κ2) is 7.32. The largest absolute Gasteiger partial charge is 0.497 e. The van der Waals surface area contributed by atoms with Crippen LogP contribution in [0, 0.1) is 5.92 Å². The lowest BCUT2D eigenvalue weighted by Crippen LogP contribution is -1.95. The fraction of sp³-hybridized carbons (Fsp3) is 0.600. The van der Waals surface area contributed by atoms with Crippen LogP contribution in [0.25, 0.3) is 0 Å². The summed E-state index contributed by atoms with van der Waals surface area (Å²) in [5.74, 6) is 1.83. The second-order valence-electron chi connectivity index (χ2n) is 4.63. The van der Waals surface area contributed by atoms with Crippen LogP contribution in [0.1, 0.15) is 45.1 Å². The van der Waals surface area contributed by atoms with Crippen LogP contribution >= 0.6 is 0 Å². The van der Waals surface area contributed by atoms with Gasteiger partial charge in [0.05, 0.1) is 7.11 Å². The molecule has 0 heterocycles. The molecule has 1 aromatic carbocycles. The molecule has 0 aliphatic carbocycles. The van der Waals surface area contributed by atoms with Gasteiger partial charge < -0.3 is 4.74 Å². The maximum absolute atomic E-state index is 5.14. The van der Waals surface area contributed by atoms with Crippen molar-refractivity contribution in [2.45, 2.75) is 46.0 Å². The van der Waals surface area contributed by atoms with Crippen molar-refractivity contribution < 1.29 is 4.74 Å². The van der Waals surface area contributed by atoms with Crippen molar-refractivity contribution in [1.82, 2.24) is 0 Å². The van der Waals surface area contributed by atoms with E-state index in [1.807, 2.05) is 12.1 Å². The molecule has 0 aliphatic heterocycles. The van der Waals surface area contributed by atoms with Gasteiger partial charge in [-0.05, 0) is 36.5 Å². The van der Waals surface area contributed by atoms with Gasteiger partial charge >= 0.3 is 0 Å². The Balaban J connectivity index is 2.26. The smallest absolute Gasteiger partial charge is 0.118 e. The molecule has 0 saturated heterocycles. The zero-order valence-corrected chi connectivity index (χ0v) is 10.8. The fourth-order valence-electron chi connectivity index (χ4n) is 2.08. The second-order valence-corrected chi connectivity index (χ2v) is 4.63. The third kappa shape index (κ3) is 4.69. The highest BCUT2D eigenvalue weighted by Gasteiger charge is 2.01. The highest BCUT2D eigenvalue weighted by molar-refractivity contribution is 5.27. The van der Waals surface area contributed by atoms with E-state index in [1.54, 1.807) is 7.11 Å². The standard InChI is InChI=1S/C15H24O/c1-4-6-13(2)7-5-8-14-9-11-15(16-3)12-10-14/h9-13H,4-8H2,1-3H3. The van der Waals surface area contributed by atoms with Crippen LogP contribution in [0.5, 0.6) is 5.75 Å². The minimum absolute atomic E-state index is 0.878. The van der Waals surface area contributed by atoms with Crippen molar-refractivity contribution in [3.63, 3.8) is 0 Å². The molecule has 16 heavy (non-hydrogen) atoms. The van der Waals surface area contributed by atoms with Crippen molar-refractivity contribution in [2.24, 2.45) is 5.92 Å². The molecular formula is C15H24O. The maximum Gasteiger partial charge on any atom is 0.118 e. The summed E-state index contributed by atoms with van der Waals surface area (Å²) in [6.45, 7) is 4.62. The maximum atomic E-state index is 5.14. The SMILES string of the molecule is CCCC(C)CCCc1ccc(OC)cc1. The molecule has 0 radical (unpaired) electrons. The van der Waals surface area contributed by atoms with E-state index in [1.165, 1.54) is 37.7 Å². The molecule has 0 spiro atoms. The Morgan fingerprint density at radius 1 is 1.12 bits per heavy atom. The molecule has 90 valence electrons. The van der Waals surface area contributed by atoms with Crippen LogP contribution < -0.4 is 4.74 Å². The first-order valence-corrected chi connectivity index (χ1v) is 6.39. The van der Waals surface area contributed by atoms with E-state index in [-0.39, 0.29) is 0 Å². The molecule has 0 fully saturated rings. The molecule has 0 aromatic heterocycles. The van der Waals surface area contributed by atoms with Crippen molar-refractivity contribution in [3.05, 3.63) is 29.8 Å².